The molecule has 146 valence electrons. The zero-order valence-corrected chi connectivity index (χ0v) is 16.8. The average molecular weight is 413 g/mol. The van der Waals surface area contributed by atoms with Gasteiger partial charge in [0.05, 0.1) is 12.8 Å². The van der Waals surface area contributed by atoms with Crippen LogP contribution in [0, 0.1) is 6.92 Å². The van der Waals surface area contributed by atoms with Gasteiger partial charge in [0.15, 0.2) is 0 Å². The maximum absolute atomic E-state index is 12.6. The van der Waals surface area contributed by atoms with E-state index in [9.17, 15) is 21.6 Å². The van der Waals surface area contributed by atoms with Crippen LogP contribution in [0.1, 0.15) is 16.2 Å². The Bertz CT molecular complexity index is 1080. The monoisotopic (exact) mass is 413 g/mol. The largest absolute Gasteiger partial charge is 0.495 e. The van der Waals surface area contributed by atoms with Crippen molar-refractivity contribution in [3.63, 3.8) is 0 Å². The van der Waals surface area contributed by atoms with Gasteiger partial charge in [0, 0.05) is 14.1 Å². The number of aromatic nitrogens is 1. The Morgan fingerprint density at radius 3 is 2.15 bits per heavy atom. The molecule has 0 saturated carbocycles. The number of nitrogens with one attached hydrogen (secondary N) is 1. The van der Waals surface area contributed by atoms with Crippen LogP contribution in [0.2, 0.25) is 0 Å². The van der Waals surface area contributed by atoms with Gasteiger partial charge in [-0.25, -0.2) is 30.8 Å². The predicted octanol–water partition coefficient (Wildman–Crippen LogP) is 0.768. The van der Waals surface area contributed by atoms with Crippen molar-refractivity contribution in [2.45, 2.75) is 16.7 Å². The van der Waals surface area contributed by atoms with Crippen molar-refractivity contribution in [3.8, 4) is 5.75 Å². The molecule has 1 amide bonds. The number of benzene rings is 1. The van der Waals surface area contributed by atoms with Crippen LogP contribution in [0.4, 0.5) is 0 Å². The number of methoxy groups -OCH3 is 1. The van der Waals surface area contributed by atoms with E-state index in [1.807, 2.05) is 4.72 Å². The molecule has 2 rings (SSSR count). The van der Waals surface area contributed by atoms with Crippen LogP contribution in [0.3, 0.4) is 0 Å². The van der Waals surface area contributed by atoms with E-state index in [4.69, 9.17) is 4.74 Å². The van der Waals surface area contributed by atoms with Crippen LogP contribution >= 0.6 is 0 Å². The lowest BCUT2D eigenvalue weighted by Crippen LogP contribution is -2.33. The summed E-state index contributed by atoms with van der Waals surface area (Å²) in [5, 5.41) is 0. The number of sulfonamides is 2. The van der Waals surface area contributed by atoms with Crippen molar-refractivity contribution >= 4 is 26.0 Å². The van der Waals surface area contributed by atoms with Gasteiger partial charge in [-0.3, -0.25) is 4.79 Å². The average Bonchev–Trinajstić information content (AvgIpc) is 2.61. The summed E-state index contributed by atoms with van der Waals surface area (Å²) in [5.74, 6) is -0.547. The smallest absolute Gasteiger partial charge is 0.283 e. The van der Waals surface area contributed by atoms with Crippen LogP contribution in [-0.4, -0.2) is 53.2 Å². The number of nitrogens with zero attached hydrogens (tertiary/aromatic N) is 2. The van der Waals surface area contributed by atoms with Gasteiger partial charge in [-0.1, -0.05) is 12.1 Å². The van der Waals surface area contributed by atoms with Crippen LogP contribution < -0.4 is 9.46 Å². The van der Waals surface area contributed by atoms with Crippen LogP contribution in [-0.2, 0) is 20.0 Å². The summed E-state index contributed by atoms with van der Waals surface area (Å²) in [6.07, 6.45) is 0. The van der Waals surface area contributed by atoms with E-state index in [-0.39, 0.29) is 5.69 Å². The minimum atomic E-state index is -4.46. The van der Waals surface area contributed by atoms with Crippen molar-refractivity contribution < 1.29 is 26.4 Å². The van der Waals surface area contributed by atoms with Crippen molar-refractivity contribution in [1.82, 2.24) is 14.0 Å². The first kappa shape index (κ1) is 20.8. The number of carbonyl (C=O) groups excluding carboxylic acids is 1. The molecule has 0 bridgehead atoms. The third kappa shape index (κ3) is 4.26. The SMILES string of the molecule is COc1ccc(C(=O)NS(=O)(=O)c2ccccc2S(=O)(=O)N(C)C)nc1C. The second kappa shape index (κ2) is 7.62. The topological polar surface area (TPSA) is 123 Å². The zero-order valence-electron chi connectivity index (χ0n) is 15.1. The Hall–Kier alpha value is -2.50. The molecule has 0 radical (unpaired) electrons. The summed E-state index contributed by atoms with van der Waals surface area (Å²) < 4.78 is 57.9. The number of amides is 1. The van der Waals surface area contributed by atoms with E-state index >= 15 is 0 Å². The predicted molar refractivity (Wildman–Crippen MR) is 97.5 cm³/mol. The summed E-state index contributed by atoms with van der Waals surface area (Å²) in [7, 11) is -4.50. The molecule has 0 saturated heterocycles. The first-order valence-electron chi connectivity index (χ1n) is 7.61. The number of hydrogen-bond acceptors (Lipinski definition) is 7. The van der Waals surface area contributed by atoms with E-state index in [1.54, 1.807) is 6.92 Å². The Morgan fingerprint density at radius 1 is 1.04 bits per heavy atom. The van der Waals surface area contributed by atoms with Gasteiger partial charge in [0.1, 0.15) is 21.2 Å². The molecule has 0 atom stereocenters. The van der Waals surface area contributed by atoms with Crippen LogP contribution in [0.25, 0.3) is 0 Å². The van der Waals surface area contributed by atoms with Crippen molar-refractivity contribution in [2.24, 2.45) is 0 Å². The molecule has 9 nitrogen and oxygen atoms in total. The highest BCUT2D eigenvalue weighted by atomic mass is 32.2. The molecule has 0 aliphatic heterocycles. The number of carbonyl (C=O) groups is 1. The Morgan fingerprint density at radius 2 is 1.63 bits per heavy atom. The third-order valence-electron chi connectivity index (χ3n) is 3.61. The molecule has 27 heavy (non-hydrogen) atoms. The lowest BCUT2D eigenvalue weighted by atomic mass is 10.3. The number of pyridine rings is 1. The number of rotatable bonds is 6. The van der Waals surface area contributed by atoms with Crippen LogP contribution in [0.5, 0.6) is 5.75 Å². The molecule has 1 heterocycles. The molecule has 1 N–H and O–H groups in total. The molecule has 0 aliphatic carbocycles. The highest BCUT2D eigenvalue weighted by molar-refractivity contribution is 7.92. The summed E-state index contributed by atoms with van der Waals surface area (Å²) in [5.41, 5.74) is 0.253. The zero-order chi connectivity index (χ0) is 20.4. The molecule has 2 aromatic rings. The van der Waals surface area contributed by atoms with Gasteiger partial charge in [0.25, 0.3) is 15.9 Å². The number of aryl methyl sites for hydroxylation is 1. The van der Waals surface area contributed by atoms with Crippen LogP contribution in [0.15, 0.2) is 46.2 Å². The summed E-state index contributed by atoms with van der Waals surface area (Å²) in [4.78, 5) is 15.4. The maximum Gasteiger partial charge on any atom is 0.283 e. The third-order valence-corrected chi connectivity index (χ3v) is 7.01. The highest BCUT2D eigenvalue weighted by Gasteiger charge is 2.29. The fraction of sp³-hybridized carbons (Fsp3) is 0.250. The van der Waals surface area contributed by atoms with E-state index in [2.05, 4.69) is 4.98 Å². The molecule has 1 aromatic heterocycles. The second-order valence-corrected chi connectivity index (χ2v) is 9.42. The lowest BCUT2D eigenvalue weighted by Gasteiger charge is -2.15. The highest BCUT2D eigenvalue weighted by Crippen LogP contribution is 2.23. The molecule has 0 fully saturated rings. The molecule has 0 spiro atoms. The Balaban J connectivity index is 2.44. The first-order valence-corrected chi connectivity index (χ1v) is 10.5. The normalized spacial score (nSPS) is 12.0. The van der Waals surface area contributed by atoms with Gasteiger partial charge < -0.3 is 4.74 Å². The van der Waals surface area contributed by atoms with E-state index < -0.39 is 35.7 Å². The van der Waals surface area contributed by atoms with Crippen molar-refractivity contribution in [1.29, 1.82) is 0 Å². The lowest BCUT2D eigenvalue weighted by molar-refractivity contribution is 0.0976. The van der Waals surface area contributed by atoms with E-state index in [0.29, 0.717) is 11.4 Å². The molecular formula is C16H19N3O6S2. The quantitative estimate of drug-likeness (QED) is 0.742. The summed E-state index contributed by atoms with van der Waals surface area (Å²) in [6.45, 7) is 1.60. The number of hydrogen-bond donors (Lipinski definition) is 1. The fourth-order valence-corrected chi connectivity index (χ4v) is 4.86. The van der Waals surface area contributed by atoms with Gasteiger partial charge >= 0.3 is 0 Å². The molecule has 1 aromatic carbocycles. The fourth-order valence-electron chi connectivity index (χ4n) is 2.20. The Labute approximate surface area is 158 Å². The second-order valence-electron chi connectivity index (χ2n) is 5.65. The summed E-state index contributed by atoms with van der Waals surface area (Å²) >= 11 is 0. The van der Waals surface area contributed by atoms with Gasteiger partial charge in [0.2, 0.25) is 10.0 Å². The Kier molecular flexibility index (Phi) is 5.88. The van der Waals surface area contributed by atoms with E-state index in [1.165, 1.54) is 45.5 Å². The first-order chi connectivity index (χ1) is 12.5. The minimum Gasteiger partial charge on any atom is -0.495 e. The maximum atomic E-state index is 12.6. The van der Waals surface area contributed by atoms with E-state index in [0.717, 1.165) is 16.4 Å². The standard InChI is InChI=1S/C16H19N3O6S2/c1-11-13(25-4)10-9-12(17-11)16(20)18-26(21,22)14-7-5-6-8-15(14)27(23,24)19(2)3/h5-10H,1-4H3,(H,18,20). The molecule has 0 unspecified atom stereocenters. The summed E-state index contributed by atoms with van der Waals surface area (Å²) in [6, 6.07) is 7.81. The molecule has 11 heteroatoms. The van der Waals surface area contributed by atoms with Crippen molar-refractivity contribution in [2.75, 3.05) is 21.2 Å². The molecular weight excluding hydrogens is 394 g/mol. The number of ether oxygens (including phenoxy) is 1. The molecule has 0 aliphatic rings. The van der Waals surface area contributed by atoms with Crippen molar-refractivity contribution in [3.05, 3.63) is 47.8 Å². The van der Waals surface area contributed by atoms with Gasteiger partial charge in [-0.05, 0) is 31.2 Å². The van der Waals surface area contributed by atoms with Gasteiger partial charge in [-0.2, -0.15) is 0 Å². The minimum absolute atomic E-state index is 0.148. The van der Waals surface area contributed by atoms with Gasteiger partial charge in [-0.15, -0.1) is 0 Å².